The van der Waals surface area contributed by atoms with Gasteiger partial charge in [-0.25, -0.2) is 0 Å². The molecule has 1 aliphatic rings. The van der Waals surface area contributed by atoms with Crippen LogP contribution >= 0.6 is 35.8 Å². The molecule has 7 heteroatoms. The molecule has 1 aromatic carbocycles. The Morgan fingerprint density at radius 2 is 2.25 bits per heavy atom. The zero-order chi connectivity index (χ0) is 13.7. The number of hydrogen-bond acceptors (Lipinski definition) is 4. The van der Waals surface area contributed by atoms with Crippen LogP contribution in [0.5, 0.6) is 5.75 Å². The maximum absolute atomic E-state index is 11.8. The van der Waals surface area contributed by atoms with Gasteiger partial charge in [0.15, 0.2) is 0 Å². The minimum absolute atomic E-state index is 0. The molecule has 0 aromatic heterocycles. The van der Waals surface area contributed by atoms with E-state index in [4.69, 9.17) is 16.3 Å². The minimum atomic E-state index is -0.0841. The van der Waals surface area contributed by atoms with Crippen LogP contribution in [0.2, 0.25) is 5.02 Å². The van der Waals surface area contributed by atoms with Crippen molar-refractivity contribution in [2.75, 3.05) is 18.2 Å². The number of halogens is 2. The van der Waals surface area contributed by atoms with E-state index in [9.17, 15) is 4.79 Å². The number of ether oxygens (including phenoxy) is 1. The first-order valence-electron chi connectivity index (χ1n) is 6.16. The average molecular weight is 337 g/mol. The summed E-state index contributed by atoms with van der Waals surface area (Å²) in [6.45, 7) is 2.41. The Labute approximate surface area is 134 Å². The third-order valence-corrected chi connectivity index (χ3v) is 3.94. The number of amides is 1. The predicted molar refractivity (Wildman–Crippen MR) is 86.0 cm³/mol. The highest BCUT2D eigenvalue weighted by Crippen LogP contribution is 2.16. The lowest BCUT2D eigenvalue weighted by Crippen LogP contribution is -2.44. The van der Waals surface area contributed by atoms with Gasteiger partial charge in [-0.05, 0) is 31.2 Å². The summed E-state index contributed by atoms with van der Waals surface area (Å²) in [5.74, 6) is 2.46. The summed E-state index contributed by atoms with van der Waals surface area (Å²) >= 11 is 7.54. The van der Waals surface area contributed by atoms with Crippen LogP contribution in [0, 0.1) is 0 Å². The molecule has 1 fully saturated rings. The van der Waals surface area contributed by atoms with Crippen molar-refractivity contribution in [2.45, 2.75) is 19.1 Å². The molecule has 20 heavy (non-hydrogen) atoms. The molecule has 0 bridgehead atoms. The van der Waals surface area contributed by atoms with Gasteiger partial charge in [0.25, 0.3) is 0 Å². The van der Waals surface area contributed by atoms with E-state index in [1.165, 1.54) is 0 Å². The van der Waals surface area contributed by atoms with Crippen molar-refractivity contribution in [3.8, 4) is 5.75 Å². The lowest BCUT2D eigenvalue weighted by molar-refractivity contribution is -0.122. The van der Waals surface area contributed by atoms with E-state index in [0.29, 0.717) is 11.6 Å². The predicted octanol–water partition coefficient (Wildman–Crippen LogP) is 2.31. The monoisotopic (exact) mass is 336 g/mol. The van der Waals surface area contributed by atoms with Gasteiger partial charge in [-0.15, -0.1) is 24.2 Å². The van der Waals surface area contributed by atoms with Gasteiger partial charge in [-0.1, -0.05) is 11.6 Å². The second-order valence-corrected chi connectivity index (χ2v) is 5.87. The van der Waals surface area contributed by atoms with Gasteiger partial charge < -0.3 is 10.1 Å². The van der Waals surface area contributed by atoms with Gasteiger partial charge in [-0.2, -0.15) is 0 Å². The largest absolute Gasteiger partial charge is 0.489 e. The molecule has 0 saturated carbocycles. The number of hydrogen-bond donors (Lipinski definition) is 2. The quantitative estimate of drug-likeness (QED) is 0.866. The highest BCUT2D eigenvalue weighted by Gasteiger charge is 2.22. The third-order valence-electron chi connectivity index (χ3n) is 2.75. The first-order valence-corrected chi connectivity index (χ1v) is 7.69. The summed E-state index contributed by atoms with van der Waals surface area (Å²) in [5, 5.41) is 6.70. The molecule has 4 nitrogen and oxygen atoms in total. The molecule has 2 atom stereocenters. The van der Waals surface area contributed by atoms with Crippen molar-refractivity contribution in [3.05, 3.63) is 29.3 Å². The SMILES string of the molecule is CC(CNC(=O)C1CSCN1)Oc1ccc(Cl)cc1.Cl. The second kappa shape index (κ2) is 8.62. The van der Waals surface area contributed by atoms with Crippen LogP contribution in [-0.4, -0.2) is 36.2 Å². The van der Waals surface area contributed by atoms with Gasteiger partial charge in [-0.3, -0.25) is 10.1 Å². The van der Waals surface area contributed by atoms with Crippen LogP contribution in [0.4, 0.5) is 0 Å². The van der Waals surface area contributed by atoms with E-state index in [2.05, 4.69) is 10.6 Å². The molecule has 112 valence electrons. The summed E-state index contributed by atoms with van der Waals surface area (Å²) in [5.41, 5.74) is 0. The second-order valence-electron chi connectivity index (χ2n) is 4.40. The standard InChI is InChI=1S/C13H17ClN2O2S.ClH/c1-9(18-11-4-2-10(14)3-5-11)6-15-13(17)12-7-19-8-16-12;/h2-5,9,12,16H,6-8H2,1H3,(H,15,17);1H. The van der Waals surface area contributed by atoms with Crippen molar-refractivity contribution in [3.63, 3.8) is 0 Å². The number of carbonyl (C=O) groups is 1. The maximum Gasteiger partial charge on any atom is 0.238 e. The third kappa shape index (κ3) is 5.40. The molecule has 1 heterocycles. The van der Waals surface area contributed by atoms with Crippen LogP contribution in [0.1, 0.15) is 6.92 Å². The van der Waals surface area contributed by atoms with E-state index in [0.717, 1.165) is 17.4 Å². The van der Waals surface area contributed by atoms with Crippen molar-refractivity contribution < 1.29 is 9.53 Å². The molecule has 1 saturated heterocycles. The first kappa shape index (κ1) is 17.4. The lowest BCUT2D eigenvalue weighted by atomic mass is 10.3. The fourth-order valence-corrected chi connectivity index (χ4v) is 2.79. The Morgan fingerprint density at radius 1 is 1.55 bits per heavy atom. The van der Waals surface area contributed by atoms with E-state index < -0.39 is 0 Å². The summed E-state index contributed by atoms with van der Waals surface area (Å²) < 4.78 is 5.68. The zero-order valence-electron chi connectivity index (χ0n) is 11.1. The molecule has 0 spiro atoms. The topological polar surface area (TPSA) is 50.4 Å². The van der Waals surface area contributed by atoms with Gasteiger partial charge in [0.05, 0.1) is 12.6 Å². The van der Waals surface area contributed by atoms with Crippen molar-refractivity contribution in [1.82, 2.24) is 10.6 Å². The summed E-state index contributed by atoms with van der Waals surface area (Å²) in [6, 6.07) is 7.11. The highest BCUT2D eigenvalue weighted by atomic mass is 35.5. The van der Waals surface area contributed by atoms with Gasteiger partial charge in [0.1, 0.15) is 11.9 Å². The fourth-order valence-electron chi connectivity index (χ4n) is 1.72. The Balaban J connectivity index is 0.00000200. The smallest absolute Gasteiger partial charge is 0.238 e. The normalized spacial score (nSPS) is 19.0. The zero-order valence-corrected chi connectivity index (χ0v) is 13.5. The number of thioether (sulfide) groups is 1. The van der Waals surface area contributed by atoms with Crippen molar-refractivity contribution in [2.24, 2.45) is 0 Å². The molecule has 2 unspecified atom stereocenters. The van der Waals surface area contributed by atoms with Gasteiger partial charge >= 0.3 is 0 Å². The van der Waals surface area contributed by atoms with Crippen molar-refractivity contribution >= 4 is 41.7 Å². The molecule has 2 N–H and O–H groups in total. The maximum atomic E-state index is 11.8. The molecule has 1 aromatic rings. The number of carbonyl (C=O) groups excluding carboxylic acids is 1. The van der Waals surface area contributed by atoms with E-state index in [-0.39, 0.29) is 30.5 Å². The Morgan fingerprint density at radius 3 is 2.85 bits per heavy atom. The van der Waals surface area contributed by atoms with Gasteiger partial charge in [0, 0.05) is 16.7 Å². The molecule has 1 amide bonds. The number of benzene rings is 1. The number of nitrogens with one attached hydrogen (secondary N) is 2. The van der Waals surface area contributed by atoms with Crippen molar-refractivity contribution in [1.29, 1.82) is 0 Å². The van der Waals surface area contributed by atoms with Crippen LogP contribution in [0.3, 0.4) is 0 Å². The molecular formula is C13H18Cl2N2O2S. The fraction of sp³-hybridized carbons (Fsp3) is 0.462. The van der Waals surface area contributed by atoms with E-state index in [1.54, 1.807) is 23.9 Å². The minimum Gasteiger partial charge on any atom is -0.489 e. The Bertz CT molecular complexity index is 425. The van der Waals surface area contributed by atoms with Crippen LogP contribution < -0.4 is 15.4 Å². The van der Waals surface area contributed by atoms with Crippen LogP contribution in [-0.2, 0) is 4.79 Å². The summed E-state index contributed by atoms with van der Waals surface area (Å²) in [6.07, 6.45) is -0.0841. The number of rotatable bonds is 5. The van der Waals surface area contributed by atoms with Gasteiger partial charge in [0.2, 0.25) is 5.91 Å². The lowest BCUT2D eigenvalue weighted by Gasteiger charge is -2.17. The Hall–Kier alpha value is -0.620. The molecular weight excluding hydrogens is 319 g/mol. The average Bonchev–Trinajstić information content (AvgIpc) is 2.93. The van der Waals surface area contributed by atoms with E-state index >= 15 is 0 Å². The molecule has 2 rings (SSSR count). The van der Waals surface area contributed by atoms with Crippen LogP contribution in [0.25, 0.3) is 0 Å². The summed E-state index contributed by atoms with van der Waals surface area (Å²) in [4.78, 5) is 11.8. The molecule has 0 aliphatic carbocycles. The highest BCUT2D eigenvalue weighted by molar-refractivity contribution is 7.99. The van der Waals surface area contributed by atoms with Crippen LogP contribution in [0.15, 0.2) is 24.3 Å². The van der Waals surface area contributed by atoms with E-state index in [1.807, 2.05) is 19.1 Å². The molecule has 1 aliphatic heterocycles. The molecule has 0 radical (unpaired) electrons. The Kier molecular flexibility index (Phi) is 7.51. The first-order chi connectivity index (χ1) is 9.15. The summed E-state index contributed by atoms with van der Waals surface area (Å²) in [7, 11) is 0.